The van der Waals surface area contributed by atoms with E-state index in [4.69, 9.17) is 0 Å². The zero-order chi connectivity index (χ0) is 14.9. The molecule has 1 aromatic heterocycles. The number of rotatable bonds is 5. The molecule has 2 aliphatic rings. The van der Waals surface area contributed by atoms with Gasteiger partial charge in [-0.2, -0.15) is 0 Å². The van der Waals surface area contributed by atoms with E-state index < -0.39 is 0 Å². The van der Waals surface area contributed by atoms with Crippen LogP contribution in [0.25, 0.3) is 10.9 Å². The summed E-state index contributed by atoms with van der Waals surface area (Å²) in [5.74, 6) is 0.838. The van der Waals surface area contributed by atoms with Crippen LogP contribution in [0.3, 0.4) is 0 Å². The van der Waals surface area contributed by atoms with Gasteiger partial charge in [0.1, 0.15) is 0 Å². The maximum Gasteiger partial charge on any atom is 0.0705 e. The van der Waals surface area contributed by atoms with Crippen LogP contribution in [-0.4, -0.2) is 35.6 Å². The summed E-state index contributed by atoms with van der Waals surface area (Å²) in [5, 5.41) is 4.89. The van der Waals surface area contributed by atoms with Crippen molar-refractivity contribution >= 4 is 10.9 Å². The summed E-state index contributed by atoms with van der Waals surface area (Å²) in [4.78, 5) is 7.26. The molecule has 1 aliphatic heterocycles. The van der Waals surface area contributed by atoms with Gasteiger partial charge in [0.15, 0.2) is 0 Å². The minimum atomic E-state index is 0.838. The van der Waals surface area contributed by atoms with E-state index in [9.17, 15) is 0 Å². The molecular formula is C19H25N3. The second kappa shape index (κ2) is 5.98. The quantitative estimate of drug-likeness (QED) is 0.918. The van der Waals surface area contributed by atoms with Gasteiger partial charge in [-0.3, -0.25) is 4.98 Å². The molecule has 4 rings (SSSR count). The molecule has 3 nitrogen and oxygen atoms in total. The number of fused-ring (bicyclic) bond motifs is 1. The van der Waals surface area contributed by atoms with E-state index in [2.05, 4.69) is 45.5 Å². The number of benzene rings is 1. The summed E-state index contributed by atoms with van der Waals surface area (Å²) < 4.78 is 0. The van der Waals surface area contributed by atoms with Gasteiger partial charge in [-0.05, 0) is 69.0 Å². The van der Waals surface area contributed by atoms with Gasteiger partial charge in [-0.15, -0.1) is 0 Å². The molecule has 22 heavy (non-hydrogen) atoms. The lowest BCUT2D eigenvalue weighted by atomic mass is 10.1. The predicted molar refractivity (Wildman–Crippen MR) is 90.9 cm³/mol. The van der Waals surface area contributed by atoms with E-state index in [1.54, 1.807) is 0 Å². The third-order valence-electron chi connectivity index (χ3n) is 5.04. The molecule has 1 N–H and O–H groups in total. The first-order chi connectivity index (χ1) is 10.8. The number of likely N-dealkylation sites (tertiary alicyclic amines) is 1. The minimum absolute atomic E-state index is 0.838. The van der Waals surface area contributed by atoms with Crippen molar-refractivity contribution in [2.45, 2.75) is 38.8 Å². The van der Waals surface area contributed by atoms with Crippen LogP contribution in [0.5, 0.6) is 0 Å². The normalized spacial score (nSPS) is 22.5. The van der Waals surface area contributed by atoms with Crippen LogP contribution in [-0.2, 0) is 6.54 Å². The standard InChI is InChI=1S/C19H25N3/c1-14-2-4-17-10-15(3-7-19(17)21-14)11-20-12-16-8-9-22(13-16)18-5-6-18/h2-4,7,10,16,18,20H,5-6,8-9,11-13H2,1H3/t16-/m1/s1. The summed E-state index contributed by atoms with van der Waals surface area (Å²) in [6.07, 6.45) is 4.24. The summed E-state index contributed by atoms with van der Waals surface area (Å²) in [5.41, 5.74) is 3.54. The lowest BCUT2D eigenvalue weighted by Gasteiger charge is -2.15. The van der Waals surface area contributed by atoms with Crippen LogP contribution in [0.1, 0.15) is 30.5 Å². The Bertz CT molecular complexity index is 663. The van der Waals surface area contributed by atoms with Crippen molar-refractivity contribution in [2.24, 2.45) is 5.92 Å². The molecule has 1 saturated carbocycles. The fraction of sp³-hybridized carbons (Fsp3) is 0.526. The molecular weight excluding hydrogens is 270 g/mol. The van der Waals surface area contributed by atoms with E-state index >= 15 is 0 Å². The van der Waals surface area contributed by atoms with E-state index in [0.29, 0.717) is 0 Å². The van der Waals surface area contributed by atoms with Crippen molar-refractivity contribution < 1.29 is 0 Å². The minimum Gasteiger partial charge on any atom is -0.312 e. The molecule has 1 aliphatic carbocycles. The van der Waals surface area contributed by atoms with Crippen LogP contribution >= 0.6 is 0 Å². The highest BCUT2D eigenvalue weighted by molar-refractivity contribution is 5.79. The van der Waals surface area contributed by atoms with Crippen molar-refractivity contribution in [3.8, 4) is 0 Å². The van der Waals surface area contributed by atoms with Gasteiger partial charge in [0.05, 0.1) is 5.52 Å². The summed E-state index contributed by atoms with van der Waals surface area (Å²) in [6, 6.07) is 11.8. The fourth-order valence-electron chi connectivity index (χ4n) is 3.61. The van der Waals surface area contributed by atoms with Crippen molar-refractivity contribution in [1.82, 2.24) is 15.2 Å². The predicted octanol–water partition coefficient (Wildman–Crippen LogP) is 3.12. The number of aromatic nitrogens is 1. The molecule has 2 fully saturated rings. The number of aryl methyl sites for hydroxylation is 1. The van der Waals surface area contributed by atoms with Gasteiger partial charge in [0.2, 0.25) is 0 Å². The van der Waals surface area contributed by atoms with E-state index in [1.807, 2.05) is 6.92 Å². The molecule has 116 valence electrons. The highest BCUT2D eigenvalue weighted by Crippen LogP contribution is 2.31. The Kier molecular flexibility index (Phi) is 3.85. The van der Waals surface area contributed by atoms with Crippen LogP contribution in [0.4, 0.5) is 0 Å². The Morgan fingerprint density at radius 2 is 2.09 bits per heavy atom. The third-order valence-corrected chi connectivity index (χ3v) is 5.04. The van der Waals surface area contributed by atoms with Crippen molar-refractivity contribution in [3.05, 3.63) is 41.6 Å². The number of hydrogen-bond acceptors (Lipinski definition) is 3. The molecule has 0 unspecified atom stereocenters. The molecule has 1 aromatic carbocycles. The van der Waals surface area contributed by atoms with E-state index in [-0.39, 0.29) is 0 Å². The fourth-order valence-corrected chi connectivity index (χ4v) is 3.61. The molecule has 2 heterocycles. The second-order valence-electron chi connectivity index (χ2n) is 6.99. The molecule has 2 aromatic rings. The summed E-state index contributed by atoms with van der Waals surface area (Å²) >= 11 is 0. The van der Waals surface area contributed by atoms with Gasteiger partial charge in [-0.25, -0.2) is 0 Å². The Balaban J connectivity index is 1.31. The molecule has 1 atom stereocenters. The van der Waals surface area contributed by atoms with E-state index in [0.717, 1.165) is 36.3 Å². The van der Waals surface area contributed by atoms with Gasteiger partial charge in [-0.1, -0.05) is 12.1 Å². The second-order valence-corrected chi connectivity index (χ2v) is 6.99. The molecule has 0 bridgehead atoms. The Morgan fingerprint density at radius 1 is 1.18 bits per heavy atom. The lowest BCUT2D eigenvalue weighted by Crippen LogP contribution is -2.27. The number of nitrogens with zero attached hydrogens (tertiary/aromatic N) is 2. The largest absolute Gasteiger partial charge is 0.312 e. The Morgan fingerprint density at radius 3 is 2.95 bits per heavy atom. The van der Waals surface area contributed by atoms with Crippen LogP contribution < -0.4 is 5.32 Å². The van der Waals surface area contributed by atoms with Crippen LogP contribution in [0, 0.1) is 12.8 Å². The molecule has 1 saturated heterocycles. The SMILES string of the molecule is Cc1ccc2cc(CNC[C@H]3CCN(C4CC4)C3)ccc2n1. The average molecular weight is 295 g/mol. The monoisotopic (exact) mass is 295 g/mol. The first-order valence-corrected chi connectivity index (χ1v) is 8.59. The van der Waals surface area contributed by atoms with Crippen LogP contribution in [0.2, 0.25) is 0 Å². The highest BCUT2D eigenvalue weighted by Gasteiger charge is 2.33. The first-order valence-electron chi connectivity index (χ1n) is 8.59. The van der Waals surface area contributed by atoms with Gasteiger partial charge < -0.3 is 10.2 Å². The molecule has 0 amide bonds. The first kappa shape index (κ1) is 14.2. The lowest BCUT2D eigenvalue weighted by molar-refractivity contribution is 0.312. The third kappa shape index (κ3) is 3.16. The number of nitrogens with one attached hydrogen (secondary N) is 1. The van der Waals surface area contributed by atoms with Gasteiger partial charge in [0, 0.05) is 30.2 Å². The number of pyridine rings is 1. The molecule has 0 spiro atoms. The number of hydrogen-bond donors (Lipinski definition) is 1. The van der Waals surface area contributed by atoms with Crippen LogP contribution in [0.15, 0.2) is 30.3 Å². The summed E-state index contributed by atoms with van der Waals surface area (Å²) in [6.45, 7) is 6.77. The zero-order valence-electron chi connectivity index (χ0n) is 13.4. The summed E-state index contributed by atoms with van der Waals surface area (Å²) in [7, 11) is 0. The van der Waals surface area contributed by atoms with Crippen molar-refractivity contribution in [1.29, 1.82) is 0 Å². The topological polar surface area (TPSA) is 28.2 Å². The van der Waals surface area contributed by atoms with Gasteiger partial charge >= 0.3 is 0 Å². The highest BCUT2D eigenvalue weighted by atomic mass is 15.2. The molecule has 0 radical (unpaired) electrons. The van der Waals surface area contributed by atoms with Crippen molar-refractivity contribution in [2.75, 3.05) is 19.6 Å². The Hall–Kier alpha value is -1.45. The maximum atomic E-state index is 4.56. The zero-order valence-corrected chi connectivity index (χ0v) is 13.4. The smallest absolute Gasteiger partial charge is 0.0705 e. The van der Waals surface area contributed by atoms with Crippen molar-refractivity contribution in [3.63, 3.8) is 0 Å². The van der Waals surface area contributed by atoms with Gasteiger partial charge in [0.25, 0.3) is 0 Å². The average Bonchev–Trinajstić information content (AvgIpc) is 3.27. The maximum absolute atomic E-state index is 4.56. The Labute approximate surface area is 132 Å². The molecule has 3 heteroatoms. The van der Waals surface area contributed by atoms with E-state index in [1.165, 1.54) is 43.3 Å².